The number of halogens is 1. The van der Waals surface area contributed by atoms with Gasteiger partial charge in [0.1, 0.15) is 5.82 Å². The fourth-order valence-electron chi connectivity index (χ4n) is 7.16. The van der Waals surface area contributed by atoms with E-state index < -0.39 is 5.82 Å². The van der Waals surface area contributed by atoms with Crippen LogP contribution < -0.4 is 5.32 Å². The van der Waals surface area contributed by atoms with Gasteiger partial charge in [0.15, 0.2) is 0 Å². The summed E-state index contributed by atoms with van der Waals surface area (Å²) in [4.78, 5) is 15.5. The Kier molecular flexibility index (Phi) is 8.04. The zero-order valence-corrected chi connectivity index (χ0v) is 23.7. The summed E-state index contributed by atoms with van der Waals surface area (Å²) in [6, 6.07) is 21.8. The minimum Gasteiger partial charge on any atom is -0.319 e. The lowest BCUT2D eigenvalue weighted by atomic mass is 9.68. The Bertz CT molecular complexity index is 1360. The molecule has 6 rings (SSSR count). The van der Waals surface area contributed by atoms with Crippen molar-refractivity contribution in [1.29, 1.82) is 0 Å². The lowest BCUT2D eigenvalue weighted by Crippen LogP contribution is -2.50. The Balaban J connectivity index is 0.00000151. The molecular formula is C35H41FN2O. The Hall–Kier alpha value is -3.24. The smallest absolute Gasteiger partial charge is 0.255 e. The van der Waals surface area contributed by atoms with Crippen LogP contribution in [0.15, 0.2) is 72.8 Å². The first-order chi connectivity index (χ1) is 18.9. The number of aryl methyl sites for hydroxylation is 1. The van der Waals surface area contributed by atoms with E-state index in [2.05, 4.69) is 66.5 Å². The molecule has 2 aliphatic carbocycles. The number of nitrogens with one attached hydrogen (secondary N) is 1. The highest BCUT2D eigenvalue weighted by molar-refractivity contribution is 6.04. The molecule has 1 saturated carbocycles. The maximum atomic E-state index is 14.0. The minimum atomic E-state index is -0.424. The van der Waals surface area contributed by atoms with Crippen molar-refractivity contribution in [3.8, 4) is 0 Å². The summed E-state index contributed by atoms with van der Waals surface area (Å²) < 4.78 is 14.0. The highest BCUT2D eigenvalue weighted by atomic mass is 19.1. The molecule has 1 amide bonds. The van der Waals surface area contributed by atoms with E-state index in [0.29, 0.717) is 23.4 Å². The van der Waals surface area contributed by atoms with Crippen molar-refractivity contribution in [1.82, 2.24) is 4.90 Å². The van der Waals surface area contributed by atoms with Gasteiger partial charge in [-0.2, -0.15) is 0 Å². The molecule has 1 heterocycles. The monoisotopic (exact) mass is 524 g/mol. The number of rotatable bonds is 4. The molecule has 4 atom stereocenters. The van der Waals surface area contributed by atoms with Gasteiger partial charge in [0, 0.05) is 23.6 Å². The van der Waals surface area contributed by atoms with Crippen LogP contribution >= 0.6 is 0 Å². The van der Waals surface area contributed by atoms with E-state index >= 15 is 0 Å². The maximum Gasteiger partial charge on any atom is 0.255 e. The Labute approximate surface area is 233 Å². The first-order valence-corrected chi connectivity index (χ1v) is 14.6. The Morgan fingerprint density at radius 2 is 1.79 bits per heavy atom. The molecule has 204 valence electrons. The van der Waals surface area contributed by atoms with Crippen LogP contribution in [-0.4, -0.2) is 29.9 Å². The molecule has 3 nitrogen and oxygen atoms in total. The van der Waals surface area contributed by atoms with E-state index in [9.17, 15) is 9.18 Å². The standard InChI is InChI=1S/C33H35FN2O.C2H6/c1-22-19-26(32(37)35-31-10-6-5-9-30(31)34)12-14-28(22)25-11-13-27(20-25)36-18-17-33(23(2)21-36)16-15-24-7-3-4-8-29(24)33;1-2/h3-10,12,14-16,19,23,25,27H,11,13,17-18,20-21H2,1-2H3,(H,35,37);1-2H3/t23-,25?,27?,33?;/m0./s1. The number of fused-ring (bicyclic) bond motifs is 2. The molecule has 2 fully saturated rings. The van der Waals surface area contributed by atoms with Crippen molar-refractivity contribution in [3.63, 3.8) is 0 Å². The fourth-order valence-corrected chi connectivity index (χ4v) is 7.16. The van der Waals surface area contributed by atoms with Gasteiger partial charge in [0.05, 0.1) is 5.69 Å². The lowest BCUT2D eigenvalue weighted by Gasteiger charge is -2.46. The van der Waals surface area contributed by atoms with Crippen LogP contribution in [0.25, 0.3) is 6.08 Å². The van der Waals surface area contributed by atoms with E-state index in [-0.39, 0.29) is 17.0 Å². The third-order valence-corrected chi connectivity index (χ3v) is 9.24. The summed E-state index contributed by atoms with van der Waals surface area (Å²) in [5.74, 6) is 0.413. The minimum absolute atomic E-state index is 0.195. The van der Waals surface area contributed by atoms with Crippen molar-refractivity contribution in [2.45, 2.75) is 70.8 Å². The number of likely N-dealkylation sites (tertiary alicyclic amines) is 1. The predicted octanol–water partition coefficient (Wildman–Crippen LogP) is 8.36. The second kappa shape index (κ2) is 11.5. The summed E-state index contributed by atoms with van der Waals surface area (Å²) in [6.07, 6.45) is 9.58. The fraction of sp³-hybridized carbons (Fsp3) is 0.400. The van der Waals surface area contributed by atoms with Crippen LogP contribution in [0.4, 0.5) is 10.1 Å². The number of anilines is 1. The van der Waals surface area contributed by atoms with Crippen molar-refractivity contribution in [3.05, 3.63) is 106 Å². The number of piperidine rings is 1. The highest BCUT2D eigenvalue weighted by Crippen LogP contribution is 2.48. The van der Waals surface area contributed by atoms with Crippen LogP contribution in [0, 0.1) is 18.7 Å². The van der Waals surface area contributed by atoms with Crippen molar-refractivity contribution in [2.75, 3.05) is 18.4 Å². The summed E-state index contributed by atoms with van der Waals surface area (Å²) >= 11 is 0. The van der Waals surface area contributed by atoms with Crippen LogP contribution in [0.1, 0.15) is 85.0 Å². The van der Waals surface area contributed by atoms with E-state index in [1.807, 2.05) is 26.0 Å². The number of allylic oxidation sites excluding steroid dienone is 1. The number of nitrogens with zero attached hydrogens (tertiary/aromatic N) is 1. The van der Waals surface area contributed by atoms with Crippen molar-refractivity contribution < 1.29 is 9.18 Å². The molecule has 0 bridgehead atoms. The number of para-hydroxylation sites is 1. The summed E-state index contributed by atoms with van der Waals surface area (Å²) in [5, 5.41) is 2.70. The first kappa shape index (κ1) is 27.3. The van der Waals surface area contributed by atoms with Crippen molar-refractivity contribution >= 4 is 17.7 Å². The van der Waals surface area contributed by atoms with Gasteiger partial charge in [-0.05, 0) is 97.5 Å². The molecule has 39 heavy (non-hydrogen) atoms. The quantitative estimate of drug-likeness (QED) is 0.372. The maximum absolute atomic E-state index is 14.0. The molecule has 1 spiro atoms. The number of hydrogen-bond donors (Lipinski definition) is 1. The third kappa shape index (κ3) is 5.19. The second-order valence-corrected chi connectivity index (χ2v) is 11.3. The highest BCUT2D eigenvalue weighted by Gasteiger charge is 2.45. The van der Waals surface area contributed by atoms with E-state index in [4.69, 9.17) is 0 Å². The lowest BCUT2D eigenvalue weighted by molar-refractivity contribution is 0.0898. The van der Waals surface area contributed by atoms with Gasteiger partial charge in [0.25, 0.3) is 5.91 Å². The average Bonchev–Trinajstić information content (AvgIpc) is 3.59. The van der Waals surface area contributed by atoms with Crippen LogP contribution in [0.2, 0.25) is 0 Å². The number of hydrogen-bond acceptors (Lipinski definition) is 2. The Morgan fingerprint density at radius 3 is 2.56 bits per heavy atom. The molecule has 3 unspecified atom stereocenters. The van der Waals surface area contributed by atoms with E-state index in [1.165, 1.54) is 48.4 Å². The van der Waals surface area contributed by atoms with Gasteiger partial charge in [0.2, 0.25) is 0 Å². The molecule has 1 saturated heterocycles. The second-order valence-electron chi connectivity index (χ2n) is 11.3. The molecule has 0 radical (unpaired) electrons. The third-order valence-electron chi connectivity index (χ3n) is 9.24. The molecule has 3 aromatic rings. The summed E-state index contributed by atoms with van der Waals surface area (Å²) in [6.45, 7) is 10.8. The SMILES string of the molecule is CC.Cc1cc(C(=O)Nc2ccccc2F)ccc1C1CCC(N2CCC3(C=Cc4ccccc43)[C@@H](C)C2)C1. The Morgan fingerprint density at radius 1 is 1.03 bits per heavy atom. The molecular weight excluding hydrogens is 483 g/mol. The number of carbonyl (C=O) groups is 1. The van der Waals surface area contributed by atoms with E-state index in [1.54, 1.807) is 18.2 Å². The summed E-state index contributed by atoms with van der Waals surface area (Å²) in [5.41, 5.74) is 6.37. The van der Waals surface area contributed by atoms with Gasteiger partial charge in [-0.3, -0.25) is 4.79 Å². The van der Waals surface area contributed by atoms with Gasteiger partial charge in [-0.25, -0.2) is 4.39 Å². The van der Waals surface area contributed by atoms with Gasteiger partial charge < -0.3 is 10.2 Å². The van der Waals surface area contributed by atoms with Crippen LogP contribution in [-0.2, 0) is 5.41 Å². The molecule has 1 N–H and O–H groups in total. The molecule has 1 aliphatic heterocycles. The van der Waals surface area contributed by atoms with Crippen LogP contribution in [0.3, 0.4) is 0 Å². The molecule has 3 aromatic carbocycles. The van der Waals surface area contributed by atoms with Gasteiger partial charge in [-0.1, -0.05) is 75.4 Å². The predicted molar refractivity (Wildman–Crippen MR) is 160 cm³/mol. The zero-order valence-electron chi connectivity index (χ0n) is 23.7. The normalized spacial score (nSPS) is 25.7. The van der Waals surface area contributed by atoms with Crippen molar-refractivity contribution in [2.24, 2.45) is 5.92 Å². The number of amides is 1. The number of benzene rings is 3. The topological polar surface area (TPSA) is 32.3 Å². The first-order valence-electron chi connectivity index (χ1n) is 14.6. The largest absolute Gasteiger partial charge is 0.319 e. The van der Waals surface area contributed by atoms with Gasteiger partial charge >= 0.3 is 0 Å². The molecule has 3 aliphatic rings. The van der Waals surface area contributed by atoms with E-state index in [0.717, 1.165) is 18.7 Å². The summed E-state index contributed by atoms with van der Waals surface area (Å²) in [7, 11) is 0. The average molecular weight is 525 g/mol. The van der Waals surface area contributed by atoms with Crippen LogP contribution in [0.5, 0.6) is 0 Å². The molecule has 0 aromatic heterocycles. The zero-order chi connectivity index (χ0) is 27.6. The van der Waals surface area contributed by atoms with Gasteiger partial charge in [-0.15, -0.1) is 0 Å². The number of carbonyl (C=O) groups excluding carboxylic acids is 1. The molecule has 4 heteroatoms.